The van der Waals surface area contributed by atoms with E-state index in [9.17, 15) is 0 Å². The summed E-state index contributed by atoms with van der Waals surface area (Å²) in [6.07, 6.45) is 4.42. The minimum atomic E-state index is 0.596. The van der Waals surface area contributed by atoms with E-state index in [0.29, 0.717) is 5.92 Å². The van der Waals surface area contributed by atoms with Crippen LogP contribution in [0.1, 0.15) is 24.6 Å². The second-order valence-corrected chi connectivity index (χ2v) is 5.93. The molecule has 6 heteroatoms. The van der Waals surface area contributed by atoms with Gasteiger partial charge < -0.3 is 10.2 Å². The minimum Gasteiger partial charge on any atom is -0.345 e. The Morgan fingerprint density at radius 3 is 2.83 bits per heavy atom. The highest BCUT2D eigenvalue weighted by atomic mass is 32.1. The quantitative estimate of drug-likeness (QED) is 0.885. The maximum atomic E-state index is 4.67. The van der Waals surface area contributed by atoms with Gasteiger partial charge in [0.25, 0.3) is 0 Å². The fourth-order valence-electron chi connectivity index (χ4n) is 2.27. The largest absolute Gasteiger partial charge is 0.345 e. The van der Waals surface area contributed by atoms with Gasteiger partial charge in [-0.25, -0.2) is 9.97 Å². The molecule has 2 aliphatic rings. The van der Waals surface area contributed by atoms with Crippen molar-refractivity contribution in [2.45, 2.75) is 18.8 Å². The summed E-state index contributed by atoms with van der Waals surface area (Å²) in [6, 6.07) is 0. The molecule has 2 fully saturated rings. The van der Waals surface area contributed by atoms with E-state index in [1.807, 2.05) is 6.20 Å². The monoisotopic (exact) mass is 261 g/mol. The smallest absolute Gasteiger partial charge is 0.188 e. The average Bonchev–Trinajstić information content (AvgIpc) is 3.18. The van der Waals surface area contributed by atoms with Gasteiger partial charge in [-0.1, -0.05) is 11.3 Å². The molecule has 5 nitrogen and oxygen atoms in total. The number of piperazine rings is 1. The van der Waals surface area contributed by atoms with Gasteiger partial charge in [-0.05, 0) is 12.8 Å². The van der Waals surface area contributed by atoms with Crippen molar-refractivity contribution in [3.63, 3.8) is 0 Å². The lowest BCUT2D eigenvalue weighted by molar-refractivity contribution is 0.588. The van der Waals surface area contributed by atoms with E-state index < -0.39 is 0 Å². The van der Waals surface area contributed by atoms with Gasteiger partial charge in [0, 0.05) is 32.1 Å². The molecule has 1 saturated heterocycles. The van der Waals surface area contributed by atoms with Crippen molar-refractivity contribution in [1.29, 1.82) is 0 Å². The summed E-state index contributed by atoms with van der Waals surface area (Å²) in [5.41, 5.74) is 0.880. The summed E-state index contributed by atoms with van der Waals surface area (Å²) >= 11 is 1.71. The highest BCUT2D eigenvalue weighted by molar-refractivity contribution is 7.22. The zero-order valence-electron chi connectivity index (χ0n) is 10.1. The van der Waals surface area contributed by atoms with Gasteiger partial charge in [-0.15, -0.1) is 0 Å². The van der Waals surface area contributed by atoms with Crippen molar-refractivity contribution in [3.8, 4) is 0 Å². The number of nitrogens with one attached hydrogen (secondary N) is 1. The summed E-state index contributed by atoms with van der Waals surface area (Å²) in [6.45, 7) is 4.13. The molecule has 1 aliphatic heterocycles. The molecule has 0 unspecified atom stereocenters. The highest BCUT2D eigenvalue weighted by Gasteiger charge is 2.27. The highest BCUT2D eigenvalue weighted by Crippen LogP contribution is 2.38. The third kappa shape index (κ3) is 1.85. The Morgan fingerprint density at radius 2 is 2.06 bits per heavy atom. The van der Waals surface area contributed by atoms with Gasteiger partial charge in [0.15, 0.2) is 10.8 Å². The number of hydrogen-bond donors (Lipinski definition) is 1. The molecule has 1 saturated carbocycles. The van der Waals surface area contributed by atoms with Crippen molar-refractivity contribution in [2.24, 2.45) is 0 Å². The molecular weight excluding hydrogens is 246 g/mol. The number of anilines is 1. The van der Waals surface area contributed by atoms with E-state index in [1.165, 1.54) is 12.8 Å². The zero-order valence-corrected chi connectivity index (χ0v) is 10.9. The summed E-state index contributed by atoms with van der Waals surface area (Å²) in [4.78, 5) is 16.1. The Bertz CT molecular complexity index is 571. The molecule has 0 radical (unpaired) electrons. The van der Waals surface area contributed by atoms with Gasteiger partial charge in [-0.3, -0.25) is 0 Å². The van der Waals surface area contributed by atoms with Gasteiger partial charge in [-0.2, -0.15) is 4.98 Å². The van der Waals surface area contributed by atoms with Crippen molar-refractivity contribution in [2.75, 3.05) is 31.1 Å². The van der Waals surface area contributed by atoms with Crippen LogP contribution in [0.5, 0.6) is 0 Å². The Balaban J connectivity index is 1.69. The van der Waals surface area contributed by atoms with Crippen LogP contribution in [0, 0.1) is 0 Å². The molecule has 4 rings (SSSR count). The van der Waals surface area contributed by atoms with E-state index in [1.54, 1.807) is 11.3 Å². The Hall–Kier alpha value is -1.27. The lowest BCUT2D eigenvalue weighted by Crippen LogP contribution is -2.43. The topological polar surface area (TPSA) is 53.9 Å². The summed E-state index contributed by atoms with van der Waals surface area (Å²) in [5, 5.41) is 4.45. The maximum absolute atomic E-state index is 4.67. The average molecular weight is 261 g/mol. The molecule has 0 atom stereocenters. The molecule has 0 amide bonds. The molecule has 1 N–H and O–H groups in total. The van der Waals surface area contributed by atoms with Gasteiger partial charge in [0.2, 0.25) is 0 Å². The zero-order chi connectivity index (χ0) is 11.9. The second-order valence-electron chi connectivity index (χ2n) is 4.92. The van der Waals surface area contributed by atoms with Crippen molar-refractivity contribution in [1.82, 2.24) is 20.3 Å². The van der Waals surface area contributed by atoms with Gasteiger partial charge >= 0.3 is 0 Å². The van der Waals surface area contributed by atoms with Crippen LogP contribution in [0.15, 0.2) is 6.20 Å². The molecule has 3 heterocycles. The predicted octanol–water partition coefficient (Wildman–Crippen LogP) is 1.37. The van der Waals surface area contributed by atoms with Crippen LogP contribution in [-0.4, -0.2) is 41.1 Å². The molecule has 2 aromatic rings. The van der Waals surface area contributed by atoms with E-state index in [2.05, 4.69) is 25.2 Å². The number of thiazole rings is 1. The SMILES string of the molecule is c1nc(C2CC2)nc2nc(N3CCNCC3)sc12. The number of nitrogens with zero attached hydrogens (tertiary/aromatic N) is 4. The van der Waals surface area contributed by atoms with Crippen molar-refractivity contribution >= 4 is 26.8 Å². The van der Waals surface area contributed by atoms with Crippen LogP contribution in [0.25, 0.3) is 10.3 Å². The lowest BCUT2D eigenvalue weighted by Gasteiger charge is -2.26. The molecule has 0 aromatic carbocycles. The third-order valence-corrected chi connectivity index (χ3v) is 4.53. The van der Waals surface area contributed by atoms with Crippen molar-refractivity contribution in [3.05, 3.63) is 12.0 Å². The van der Waals surface area contributed by atoms with Crippen molar-refractivity contribution < 1.29 is 0 Å². The normalized spacial score (nSPS) is 20.6. The molecule has 18 heavy (non-hydrogen) atoms. The number of hydrogen-bond acceptors (Lipinski definition) is 6. The third-order valence-electron chi connectivity index (χ3n) is 3.49. The first-order chi connectivity index (χ1) is 8.90. The van der Waals surface area contributed by atoms with Crippen LogP contribution in [-0.2, 0) is 0 Å². The lowest BCUT2D eigenvalue weighted by atomic mass is 10.4. The fraction of sp³-hybridized carbons (Fsp3) is 0.583. The van der Waals surface area contributed by atoms with Gasteiger partial charge in [0.05, 0.1) is 10.9 Å². The predicted molar refractivity (Wildman–Crippen MR) is 72.3 cm³/mol. The Kier molecular flexibility index (Phi) is 2.44. The molecular formula is C12H15N5S. The van der Waals surface area contributed by atoms with E-state index in [-0.39, 0.29) is 0 Å². The van der Waals surface area contributed by atoms with E-state index >= 15 is 0 Å². The van der Waals surface area contributed by atoms with Crippen LogP contribution < -0.4 is 10.2 Å². The number of aromatic nitrogens is 3. The van der Waals surface area contributed by atoms with Crippen LogP contribution >= 0.6 is 11.3 Å². The maximum Gasteiger partial charge on any atom is 0.188 e. The number of rotatable bonds is 2. The Labute approximate surface area is 109 Å². The summed E-state index contributed by atoms with van der Waals surface area (Å²) in [7, 11) is 0. The second kappa shape index (κ2) is 4.13. The standard InChI is InChI=1S/C12H15N5S/c1-2-8(1)10-14-7-9-11(15-10)16-12(18-9)17-5-3-13-4-6-17/h7-8,13H,1-6H2. The first kappa shape index (κ1) is 10.6. The molecule has 94 valence electrons. The summed E-state index contributed by atoms with van der Waals surface area (Å²) < 4.78 is 1.10. The number of fused-ring (bicyclic) bond motifs is 1. The van der Waals surface area contributed by atoms with Crippen LogP contribution in [0.2, 0.25) is 0 Å². The molecule has 1 aliphatic carbocycles. The summed E-state index contributed by atoms with van der Waals surface area (Å²) in [5.74, 6) is 1.58. The van der Waals surface area contributed by atoms with Gasteiger partial charge in [0.1, 0.15) is 5.82 Å². The fourth-order valence-corrected chi connectivity index (χ4v) is 3.20. The Morgan fingerprint density at radius 1 is 1.22 bits per heavy atom. The molecule has 2 aromatic heterocycles. The van der Waals surface area contributed by atoms with E-state index in [0.717, 1.165) is 47.5 Å². The van der Waals surface area contributed by atoms with Crippen LogP contribution in [0.4, 0.5) is 5.13 Å². The molecule has 0 spiro atoms. The first-order valence-corrected chi connectivity index (χ1v) is 7.31. The first-order valence-electron chi connectivity index (χ1n) is 6.49. The van der Waals surface area contributed by atoms with Crippen LogP contribution in [0.3, 0.4) is 0 Å². The molecule has 0 bridgehead atoms. The minimum absolute atomic E-state index is 0.596. The van der Waals surface area contributed by atoms with E-state index in [4.69, 9.17) is 0 Å².